The second kappa shape index (κ2) is 9.90. The lowest BCUT2D eigenvalue weighted by Crippen LogP contribution is -2.42. The molecule has 3 rings (SSSR count). The molecule has 5 nitrogen and oxygen atoms in total. The van der Waals surface area contributed by atoms with Crippen LogP contribution in [-0.4, -0.2) is 42.9 Å². The first-order valence-electron chi connectivity index (χ1n) is 10.3. The van der Waals surface area contributed by atoms with Crippen LogP contribution in [0.3, 0.4) is 0 Å². The van der Waals surface area contributed by atoms with Gasteiger partial charge in [0.15, 0.2) is 0 Å². The van der Waals surface area contributed by atoms with E-state index in [4.69, 9.17) is 4.74 Å². The van der Waals surface area contributed by atoms with Crippen molar-refractivity contribution in [3.63, 3.8) is 0 Å². The summed E-state index contributed by atoms with van der Waals surface area (Å²) < 4.78 is 6.05. The first kappa shape index (κ1) is 19.9. The van der Waals surface area contributed by atoms with Gasteiger partial charge in [-0.15, -0.1) is 0 Å². The summed E-state index contributed by atoms with van der Waals surface area (Å²) >= 11 is 0. The van der Waals surface area contributed by atoms with Crippen LogP contribution in [0.1, 0.15) is 51.0 Å². The van der Waals surface area contributed by atoms with E-state index in [2.05, 4.69) is 5.32 Å². The number of nitrogens with one attached hydrogen (secondary N) is 1. The summed E-state index contributed by atoms with van der Waals surface area (Å²) in [5.41, 5.74) is 2.11. The number of carbonyl (C=O) groups excluding carboxylic acids is 1. The molecular formula is C22H32N2O3. The van der Waals surface area contributed by atoms with E-state index in [9.17, 15) is 9.90 Å². The predicted molar refractivity (Wildman–Crippen MR) is 108 cm³/mol. The number of hydrogen-bond acceptors (Lipinski definition) is 4. The molecular weight excluding hydrogens is 340 g/mol. The number of hydrogen-bond donors (Lipinski definition) is 2. The molecule has 1 aromatic rings. The van der Waals surface area contributed by atoms with Crippen LogP contribution in [0.15, 0.2) is 30.4 Å². The highest BCUT2D eigenvalue weighted by Gasteiger charge is 2.25. The van der Waals surface area contributed by atoms with E-state index >= 15 is 0 Å². The molecule has 2 unspecified atom stereocenters. The third-order valence-corrected chi connectivity index (χ3v) is 5.53. The van der Waals surface area contributed by atoms with Gasteiger partial charge >= 0.3 is 0 Å². The van der Waals surface area contributed by atoms with Crippen molar-refractivity contribution in [1.82, 2.24) is 5.32 Å². The number of aliphatic hydroxyl groups excluding tert-OH is 1. The molecule has 5 heteroatoms. The van der Waals surface area contributed by atoms with Gasteiger partial charge in [-0.05, 0) is 51.3 Å². The molecule has 0 bridgehead atoms. The Kier molecular flexibility index (Phi) is 7.30. The Morgan fingerprint density at radius 3 is 2.96 bits per heavy atom. The molecule has 0 spiro atoms. The molecule has 1 aliphatic heterocycles. The van der Waals surface area contributed by atoms with Gasteiger partial charge in [-0.1, -0.05) is 31.1 Å². The molecule has 1 amide bonds. The van der Waals surface area contributed by atoms with Gasteiger partial charge in [0.1, 0.15) is 5.75 Å². The highest BCUT2D eigenvalue weighted by atomic mass is 16.5. The van der Waals surface area contributed by atoms with Crippen LogP contribution in [0.2, 0.25) is 0 Å². The van der Waals surface area contributed by atoms with Crippen LogP contribution < -0.4 is 15.0 Å². The molecule has 0 saturated heterocycles. The van der Waals surface area contributed by atoms with Gasteiger partial charge in [-0.25, -0.2) is 0 Å². The van der Waals surface area contributed by atoms with E-state index in [0.717, 1.165) is 55.6 Å². The van der Waals surface area contributed by atoms with Crippen LogP contribution in [0.25, 0.3) is 0 Å². The van der Waals surface area contributed by atoms with Crippen LogP contribution in [0, 0.1) is 0 Å². The lowest BCUT2D eigenvalue weighted by atomic mass is 9.92. The first-order chi connectivity index (χ1) is 13.2. The molecule has 27 heavy (non-hydrogen) atoms. The van der Waals surface area contributed by atoms with Gasteiger partial charge in [0, 0.05) is 24.6 Å². The van der Waals surface area contributed by atoms with Crippen LogP contribution in [0.4, 0.5) is 5.69 Å². The second-order valence-electron chi connectivity index (χ2n) is 7.44. The van der Waals surface area contributed by atoms with E-state index in [1.165, 1.54) is 6.42 Å². The molecule has 2 N–H and O–H groups in total. The number of rotatable bonds is 8. The van der Waals surface area contributed by atoms with Crippen molar-refractivity contribution in [2.45, 2.75) is 64.0 Å². The predicted octanol–water partition coefficient (Wildman–Crippen LogP) is 3.20. The lowest BCUT2D eigenvalue weighted by molar-refractivity contribution is -0.118. The van der Waals surface area contributed by atoms with Gasteiger partial charge in [0.2, 0.25) is 5.91 Å². The molecule has 1 aliphatic carbocycles. The third-order valence-electron chi connectivity index (χ3n) is 5.53. The maximum absolute atomic E-state index is 12.3. The second-order valence-corrected chi connectivity index (χ2v) is 7.44. The Morgan fingerprint density at radius 2 is 2.15 bits per heavy atom. The highest BCUT2D eigenvalue weighted by Crippen LogP contribution is 2.34. The summed E-state index contributed by atoms with van der Waals surface area (Å²) in [6, 6.07) is 6.20. The smallest absolute Gasteiger partial charge is 0.227 e. The quantitative estimate of drug-likeness (QED) is 0.543. The van der Waals surface area contributed by atoms with Gasteiger partial charge in [0.25, 0.3) is 0 Å². The van der Waals surface area contributed by atoms with E-state index in [1.807, 2.05) is 42.2 Å². The molecule has 0 radical (unpaired) electrons. The zero-order valence-electron chi connectivity index (χ0n) is 16.3. The van der Waals surface area contributed by atoms with E-state index in [1.54, 1.807) is 0 Å². The fraction of sp³-hybridized carbons (Fsp3) is 0.591. The number of nitrogens with zero attached hydrogens (tertiary/aromatic N) is 1. The molecule has 1 fully saturated rings. The average molecular weight is 373 g/mol. The third kappa shape index (κ3) is 5.11. The van der Waals surface area contributed by atoms with Gasteiger partial charge < -0.3 is 20.1 Å². The lowest BCUT2D eigenvalue weighted by Gasteiger charge is -2.30. The van der Waals surface area contributed by atoms with Crippen LogP contribution in [-0.2, 0) is 11.2 Å². The minimum absolute atomic E-state index is 0.174. The number of anilines is 1. The summed E-state index contributed by atoms with van der Waals surface area (Å²) in [6.45, 7) is 4.06. The number of aliphatic hydroxyl groups is 1. The Labute approximate surface area is 162 Å². The van der Waals surface area contributed by atoms with Crippen molar-refractivity contribution in [3.05, 3.63) is 35.9 Å². The van der Waals surface area contributed by atoms with Crippen molar-refractivity contribution in [1.29, 1.82) is 0 Å². The van der Waals surface area contributed by atoms with Crippen molar-refractivity contribution < 1.29 is 14.6 Å². The first-order valence-corrected chi connectivity index (χ1v) is 10.3. The fourth-order valence-corrected chi connectivity index (χ4v) is 4.00. The largest absolute Gasteiger partial charge is 0.493 e. The summed E-state index contributed by atoms with van der Waals surface area (Å²) in [6.07, 6.45) is 10.2. The van der Waals surface area contributed by atoms with E-state index in [0.29, 0.717) is 19.6 Å². The van der Waals surface area contributed by atoms with Gasteiger partial charge in [-0.2, -0.15) is 0 Å². The number of amides is 1. The highest BCUT2D eigenvalue weighted by molar-refractivity contribution is 5.97. The average Bonchev–Trinajstić information content (AvgIpc) is 2.68. The van der Waals surface area contributed by atoms with Crippen LogP contribution in [0.5, 0.6) is 5.75 Å². The zero-order valence-corrected chi connectivity index (χ0v) is 16.3. The van der Waals surface area contributed by atoms with E-state index in [-0.39, 0.29) is 18.1 Å². The fourth-order valence-electron chi connectivity index (χ4n) is 4.00. The molecule has 2 atom stereocenters. The normalized spacial score (nSPS) is 22.9. The van der Waals surface area contributed by atoms with Gasteiger partial charge in [-0.3, -0.25) is 4.79 Å². The SMILES string of the molecule is C/C=C/CN1C(=O)CCc2c(OCCCNC3CCCCC3O)cccc21. The summed E-state index contributed by atoms with van der Waals surface area (Å²) in [4.78, 5) is 14.1. The Bertz CT molecular complexity index is 659. The maximum Gasteiger partial charge on any atom is 0.227 e. The molecule has 0 aromatic heterocycles. The van der Waals surface area contributed by atoms with Crippen molar-refractivity contribution in [3.8, 4) is 5.75 Å². The summed E-state index contributed by atoms with van der Waals surface area (Å²) in [5, 5.41) is 13.5. The number of ether oxygens (including phenoxy) is 1. The molecule has 1 aromatic carbocycles. The van der Waals surface area contributed by atoms with Crippen molar-refractivity contribution in [2.75, 3.05) is 24.6 Å². The minimum atomic E-state index is -0.207. The molecule has 148 valence electrons. The number of fused-ring (bicyclic) bond motifs is 1. The minimum Gasteiger partial charge on any atom is -0.493 e. The number of allylic oxidation sites excluding steroid dienone is 1. The van der Waals surface area contributed by atoms with Gasteiger partial charge in [0.05, 0.1) is 18.4 Å². The Hall–Kier alpha value is -1.85. The van der Waals surface area contributed by atoms with Crippen LogP contribution >= 0.6 is 0 Å². The Balaban J connectivity index is 1.52. The monoisotopic (exact) mass is 372 g/mol. The maximum atomic E-state index is 12.3. The summed E-state index contributed by atoms with van der Waals surface area (Å²) in [5.74, 6) is 1.07. The standard InChI is InChI=1S/C22H32N2O3/c1-2-3-15-24-19-9-6-11-21(17(19)12-13-22(24)26)27-16-7-14-23-18-8-4-5-10-20(18)25/h2-3,6,9,11,18,20,23,25H,4-5,7-8,10,12-16H2,1H3/b3-2+. The summed E-state index contributed by atoms with van der Waals surface area (Å²) in [7, 11) is 0. The Morgan fingerprint density at radius 1 is 1.30 bits per heavy atom. The van der Waals surface area contributed by atoms with Crippen molar-refractivity contribution >= 4 is 11.6 Å². The topological polar surface area (TPSA) is 61.8 Å². The molecule has 1 heterocycles. The zero-order chi connectivity index (χ0) is 19.1. The number of carbonyl (C=O) groups is 1. The van der Waals surface area contributed by atoms with Crippen molar-refractivity contribution in [2.24, 2.45) is 0 Å². The van der Waals surface area contributed by atoms with E-state index < -0.39 is 0 Å². The molecule has 2 aliphatic rings. The molecule has 1 saturated carbocycles. The number of benzene rings is 1.